The summed E-state index contributed by atoms with van der Waals surface area (Å²) in [6.07, 6.45) is 3.30. The van der Waals surface area contributed by atoms with Crippen molar-refractivity contribution < 1.29 is 4.79 Å². The van der Waals surface area contributed by atoms with Crippen LogP contribution in [0.4, 0.5) is 0 Å². The van der Waals surface area contributed by atoms with Crippen molar-refractivity contribution in [1.29, 1.82) is 0 Å². The second-order valence-corrected chi connectivity index (χ2v) is 5.01. The van der Waals surface area contributed by atoms with E-state index in [9.17, 15) is 4.79 Å². The lowest BCUT2D eigenvalue weighted by Gasteiger charge is -2.12. The highest BCUT2D eigenvalue weighted by Crippen LogP contribution is 1.97. The van der Waals surface area contributed by atoms with E-state index in [2.05, 4.69) is 40.0 Å². The highest BCUT2D eigenvalue weighted by Gasteiger charge is 1.93. The number of hydrogen-bond acceptors (Lipinski definition) is 3. The molecule has 1 atom stereocenters. The molecular formula is C14H25N2OP. The summed E-state index contributed by atoms with van der Waals surface area (Å²) in [6.45, 7) is 8.85. The van der Waals surface area contributed by atoms with Gasteiger partial charge >= 0.3 is 0 Å². The number of nitrogens with zero attached hydrogens (tertiary/aromatic N) is 2. The normalized spacial score (nSPS) is 9.89. The van der Waals surface area contributed by atoms with Crippen molar-refractivity contribution in [3.63, 3.8) is 0 Å². The Balaban J connectivity index is 0.000000331. The lowest BCUT2D eigenvalue weighted by atomic mass is 10.2. The largest absolute Gasteiger partial charge is 0.306 e. The molecule has 0 fully saturated rings. The summed E-state index contributed by atoms with van der Waals surface area (Å²) in [4.78, 5) is 16.5. The third-order valence-electron chi connectivity index (χ3n) is 2.34. The average Bonchev–Trinajstić information content (AvgIpc) is 2.29. The van der Waals surface area contributed by atoms with Gasteiger partial charge in [0.2, 0.25) is 0 Å². The molecule has 0 N–H and O–H groups in total. The summed E-state index contributed by atoms with van der Waals surface area (Å²) in [5, 5.41) is 0. The minimum atomic E-state index is 0.491. The minimum absolute atomic E-state index is 0.491. The van der Waals surface area contributed by atoms with Crippen molar-refractivity contribution in [2.45, 2.75) is 33.6 Å². The molecule has 1 unspecified atom stereocenters. The molecule has 0 bridgehead atoms. The van der Waals surface area contributed by atoms with Crippen LogP contribution >= 0.6 is 9.24 Å². The SMILES string of the molecule is CCCN(C)CCC.Cc1cc(P)nc(C=O)c1. The van der Waals surface area contributed by atoms with E-state index >= 15 is 0 Å². The highest BCUT2D eigenvalue weighted by atomic mass is 31.0. The van der Waals surface area contributed by atoms with Crippen LogP contribution in [0.15, 0.2) is 12.1 Å². The van der Waals surface area contributed by atoms with Crippen molar-refractivity contribution in [3.8, 4) is 0 Å². The molecule has 0 aliphatic rings. The summed E-state index contributed by atoms with van der Waals surface area (Å²) in [5.41, 5.74) is 2.36. The maximum atomic E-state index is 10.2. The van der Waals surface area contributed by atoms with E-state index in [1.54, 1.807) is 6.07 Å². The smallest absolute Gasteiger partial charge is 0.168 e. The molecule has 0 saturated carbocycles. The van der Waals surface area contributed by atoms with Gasteiger partial charge in [-0.25, -0.2) is 4.98 Å². The van der Waals surface area contributed by atoms with E-state index in [4.69, 9.17) is 0 Å². The summed E-state index contributed by atoms with van der Waals surface area (Å²) in [6, 6.07) is 3.65. The van der Waals surface area contributed by atoms with Crippen LogP contribution in [-0.2, 0) is 0 Å². The van der Waals surface area contributed by atoms with Crippen molar-refractivity contribution in [3.05, 3.63) is 23.4 Å². The summed E-state index contributed by atoms with van der Waals surface area (Å²) < 4.78 is 0. The fraction of sp³-hybridized carbons (Fsp3) is 0.571. The first-order chi connectivity index (χ1) is 8.53. The first-order valence-corrected chi connectivity index (χ1v) is 6.99. The summed E-state index contributed by atoms with van der Waals surface area (Å²) in [7, 11) is 4.63. The molecular weight excluding hydrogens is 243 g/mol. The molecule has 3 nitrogen and oxygen atoms in total. The molecule has 0 spiro atoms. The van der Waals surface area contributed by atoms with Gasteiger partial charge in [0.15, 0.2) is 6.29 Å². The van der Waals surface area contributed by atoms with E-state index in [-0.39, 0.29) is 0 Å². The fourth-order valence-corrected chi connectivity index (χ4v) is 2.07. The second-order valence-electron chi connectivity index (χ2n) is 4.42. The summed E-state index contributed by atoms with van der Waals surface area (Å²) in [5.74, 6) is 0. The Bertz CT molecular complexity index is 329. The van der Waals surface area contributed by atoms with E-state index in [0.29, 0.717) is 5.69 Å². The zero-order chi connectivity index (χ0) is 14.0. The van der Waals surface area contributed by atoms with Crippen molar-refractivity contribution in [2.75, 3.05) is 20.1 Å². The Morgan fingerprint density at radius 1 is 1.28 bits per heavy atom. The number of aryl methyl sites for hydroxylation is 1. The zero-order valence-electron chi connectivity index (χ0n) is 11.9. The van der Waals surface area contributed by atoms with Crippen LogP contribution in [0.3, 0.4) is 0 Å². The van der Waals surface area contributed by atoms with Crippen LogP contribution in [0, 0.1) is 6.92 Å². The van der Waals surface area contributed by atoms with Gasteiger partial charge in [0, 0.05) is 0 Å². The van der Waals surface area contributed by atoms with Gasteiger partial charge in [-0.05, 0) is 57.6 Å². The van der Waals surface area contributed by atoms with Gasteiger partial charge in [-0.3, -0.25) is 4.79 Å². The molecule has 1 aromatic heterocycles. The third kappa shape index (κ3) is 8.32. The van der Waals surface area contributed by atoms with Crippen LogP contribution in [0.25, 0.3) is 0 Å². The molecule has 4 heteroatoms. The number of pyridine rings is 1. The lowest BCUT2D eigenvalue weighted by Crippen LogP contribution is -2.19. The Labute approximate surface area is 113 Å². The minimum Gasteiger partial charge on any atom is -0.306 e. The molecule has 102 valence electrons. The number of aldehydes is 1. The molecule has 1 rings (SSSR count). The van der Waals surface area contributed by atoms with Crippen LogP contribution in [0.2, 0.25) is 0 Å². The van der Waals surface area contributed by atoms with Gasteiger partial charge in [0.05, 0.1) is 5.44 Å². The predicted molar refractivity (Wildman–Crippen MR) is 81.8 cm³/mol. The Morgan fingerprint density at radius 3 is 2.22 bits per heavy atom. The van der Waals surface area contributed by atoms with E-state index in [1.807, 2.05) is 13.0 Å². The Morgan fingerprint density at radius 2 is 1.83 bits per heavy atom. The molecule has 0 saturated heterocycles. The second kappa shape index (κ2) is 10.2. The predicted octanol–water partition coefficient (Wildman–Crippen LogP) is 2.44. The van der Waals surface area contributed by atoms with Gasteiger partial charge in [0.25, 0.3) is 0 Å². The van der Waals surface area contributed by atoms with Gasteiger partial charge < -0.3 is 4.90 Å². The van der Waals surface area contributed by atoms with Crippen molar-refractivity contribution in [1.82, 2.24) is 9.88 Å². The molecule has 0 aromatic carbocycles. The number of hydrogen-bond donors (Lipinski definition) is 0. The molecule has 0 amide bonds. The topological polar surface area (TPSA) is 33.2 Å². The van der Waals surface area contributed by atoms with Gasteiger partial charge in [-0.2, -0.15) is 0 Å². The lowest BCUT2D eigenvalue weighted by molar-refractivity contribution is 0.111. The monoisotopic (exact) mass is 268 g/mol. The highest BCUT2D eigenvalue weighted by molar-refractivity contribution is 7.26. The maximum absolute atomic E-state index is 10.2. The first-order valence-electron chi connectivity index (χ1n) is 6.41. The van der Waals surface area contributed by atoms with Gasteiger partial charge in [-0.15, -0.1) is 0 Å². The van der Waals surface area contributed by atoms with Gasteiger partial charge in [-0.1, -0.05) is 23.1 Å². The van der Waals surface area contributed by atoms with Crippen molar-refractivity contribution in [2.24, 2.45) is 0 Å². The van der Waals surface area contributed by atoms with E-state index in [0.717, 1.165) is 17.3 Å². The third-order valence-corrected chi connectivity index (χ3v) is 2.64. The molecule has 1 aromatic rings. The van der Waals surface area contributed by atoms with Gasteiger partial charge in [0.1, 0.15) is 5.69 Å². The Kier molecular flexibility index (Phi) is 9.72. The molecule has 0 aliphatic carbocycles. The fourth-order valence-electron chi connectivity index (χ4n) is 1.66. The number of carbonyl (C=O) groups excluding carboxylic acids is 1. The van der Waals surface area contributed by atoms with Crippen LogP contribution in [-0.4, -0.2) is 36.3 Å². The van der Waals surface area contributed by atoms with Crippen LogP contribution in [0.1, 0.15) is 42.7 Å². The van der Waals surface area contributed by atoms with E-state index in [1.165, 1.54) is 25.9 Å². The standard InChI is InChI=1S/C7H8NOP.C7H17N/c1-5-2-6(4-9)8-7(10)3-5;1-4-6-8(3)7-5-2/h2-4H,10H2,1H3;4-7H2,1-3H3. The van der Waals surface area contributed by atoms with Crippen LogP contribution in [0.5, 0.6) is 0 Å². The van der Waals surface area contributed by atoms with E-state index < -0.39 is 0 Å². The summed E-state index contributed by atoms with van der Waals surface area (Å²) >= 11 is 0. The molecule has 18 heavy (non-hydrogen) atoms. The molecule has 1 heterocycles. The molecule has 0 radical (unpaired) electrons. The zero-order valence-corrected chi connectivity index (χ0v) is 13.1. The van der Waals surface area contributed by atoms with Crippen molar-refractivity contribution >= 4 is 21.0 Å². The van der Waals surface area contributed by atoms with Crippen LogP contribution < -0.4 is 5.44 Å². The Hall–Kier alpha value is -0.790. The maximum Gasteiger partial charge on any atom is 0.168 e. The number of carbonyl (C=O) groups is 1. The average molecular weight is 268 g/mol. The first kappa shape index (κ1) is 17.2. The number of aromatic nitrogens is 1. The number of rotatable bonds is 5. The molecule has 0 aliphatic heterocycles. The quantitative estimate of drug-likeness (QED) is 0.607.